The molecule has 11 heteroatoms. The van der Waals surface area contributed by atoms with E-state index in [4.69, 9.17) is 11.6 Å². The molecule has 35 heavy (non-hydrogen) atoms. The summed E-state index contributed by atoms with van der Waals surface area (Å²) in [6.45, 7) is 2.43. The second-order valence-electron chi connectivity index (χ2n) is 7.45. The third-order valence-electron chi connectivity index (χ3n) is 5.01. The average molecular weight is 517 g/mol. The molecule has 0 saturated carbocycles. The summed E-state index contributed by atoms with van der Waals surface area (Å²) in [4.78, 5) is 17.5. The average Bonchev–Trinajstić information content (AvgIpc) is 2.78. The van der Waals surface area contributed by atoms with Gasteiger partial charge in [0.25, 0.3) is 0 Å². The van der Waals surface area contributed by atoms with Crippen LogP contribution in [0.15, 0.2) is 67.4 Å². The van der Waals surface area contributed by atoms with Gasteiger partial charge in [-0.25, -0.2) is 9.37 Å². The fourth-order valence-electron chi connectivity index (χ4n) is 3.38. The SMILES string of the molecule is C=CC(=O)N(Cc1cc(C(F)(F)F)cc(C(F)(F)F)c1)Cc1c(-c2ccc(F)cc2)ccnc1Cl. The summed E-state index contributed by atoms with van der Waals surface area (Å²) in [5.41, 5.74) is -2.17. The quantitative estimate of drug-likeness (QED) is 0.196. The van der Waals surface area contributed by atoms with Crippen LogP contribution in [0.1, 0.15) is 22.3 Å². The number of carbonyl (C=O) groups excluding carboxylic acids is 1. The molecule has 3 rings (SSSR count). The fourth-order valence-corrected chi connectivity index (χ4v) is 3.60. The Morgan fingerprint density at radius 2 is 1.51 bits per heavy atom. The first kappa shape index (κ1) is 26.2. The molecule has 0 atom stereocenters. The van der Waals surface area contributed by atoms with E-state index in [9.17, 15) is 35.5 Å². The van der Waals surface area contributed by atoms with Crippen molar-refractivity contribution >= 4 is 17.5 Å². The van der Waals surface area contributed by atoms with Crippen molar-refractivity contribution in [3.8, 4) is 11.1 Å². The Hall–Kier alpha value is -3.40. The third-order valence-corrected chi connectivity index (χ3v) is 5.34. The second-order valence-corrected chi connectivity index (χ2v) is 7.81. The number of alkyl halides is 6. The molecule has 0 fully saturated rings. The smallest absolute Gasteiger partial charge is 0.330 e. The van der Waals surface area contributed by atoms with Crippen molar-refractivity contribution in [1.82, 2.24) is 9.88 Å². The molecule has 0 aliphatic carbocycles. The van der Waals surface area contributed by atoms with Gasteiger partial charge in [-0.2, -0.15) is 26.3 Å². The molecule has 1 aromatic heterocycles. The number of pyridine rings is 1. The first-order valence-corrected chi connectivity index (χ1v) is 10.3. The molecule has 0 unspecified atom stereocenters. The molecule has 1 amide bonds. The van der Waals surface area contributed by atoms with Crippen molar-refractivity contribution in [2.24, 2.45) is 0 Å². The van der Waals surface area contributed by atoms with Gasteiger partial charge in [-0.3, -0.25) is 4.79 Å². The van der Waals surface area contributed by atoms with Gasteiger partial charge in [0.2, 0.25) is 5.91 Å². The van der Waals surface area contributed by atoms with Crippen LogP contribution in [0.25, 0.3) is 11.1 Å². The molecule has 0 saturated heterocycles. The standard InChI is InChI=1S/C24H16ClF7N2O/c1-2-21(35)34(12-14-9-16(23(27,28)29)11-17(10-14)24(30,31)32)13-20-19(7-8-33-22(20)25)15-3-5-18(26)6-4-15/h2-11H,1,12-13H2. The number of halogens is 8. The normalized spacial score (nSPS) is 11.9. The lowest BCUT2D eigenvalue weighted by molar-refractivity contribution is -0.143. The number of carbonyl (C=O) groups is 1. The third kappa shape index (κ3) is 6.39. The molecule has 0 bridgehead atoms. The summed E-state index contributed by atoms with van der Waals surface area (Å²) in [5, 5.41) is -0.0475. The van der Waals surface area contributed by atoms with Crippen LogP contribution in [0.4, 0.5) is 30.7 Å². The zero-order valence-corrected chi connectivity index (χ0v) is 18.5. The highest BCUT2D eigenvalue weighted by Gasteiger charge is 2.37. The molecular formula is C24H16ClF7N2O. The molecule has 3 nitrogen and oxygen atoms in total. The van der Waals surface area contributed by atoms with E-state index in [0.29, 0.717) is 23.3 Å². The van der Waals surface area contributed by atoms with Crippen LogP contribution >= 0.6 is 11.6 Å². The van der Waals surface area contributed by atoms with E-state index in [1.54, 1.807) is 0 Å². The number of hydrogen-bond donors (Lipinski definition) is 0. The number of rotatable bonds is 6. The lowest BCUT2D eigenvalue weighted by atomic mass is 10.0. The van der Waals surface area contributed by atoms with E-state index in [2.05, 4.69) is 11.6 Å². The highest BCUT2D eigenvalue weighted by molar-refractivity contribution is 6.30. The van der Waals surface area contributed by atoms with Crippen molar-refractivity contribution in [2.75, 3.05) is 0 Å². The van der Waals surface area contributed by atoms with E-state index in [1.165, 1.54) is 36.5 Å². The zero-order chi connectivity index (χ0) is 26.0. The summed E-state index contributed by atoms with van der Waals surface area (Å²) >= 11 is 6.23. The lowest BCUT2D eigenvalue weighted by Crippen LogP contribution is -2.29. The second kappa shape index (κ2) is 10.1. The first-order valence-electron chi connectivity index (χ1n) is 9.88. The van der Waals surface area contributed by atoms with E-state index >= 15 is 0 Å². The van der Waals surface area contributed by atoms with Crippen molar-refractivity contribution in [3.63, 3.8) is 0 Å². The van der Waals surface area contributed by atoms with Gasteiger partial charge in [-0.15, -0.1) is 0 Å². The Morgan fingerprint density at radius 1 is 0.943 bits per heavy atom. The predicted molar refractivity (Wildman–Crippen MR) is 116 cm³/mol. The summed E-state index contributed by atoms with van der Waals surface area (Å²) in [6, 6.07) is 7.93. The Kier molecular flexibility index (Phi) is 7.54. The van der Waals surface area contributed by atoms with E-state index in [1.807, 2.05) is 0 Å². The van der Waals surface area contributed by atoms with E-state index in [0.717, 1.165) is 11.0 Å². The van der Waals surface area contributed by atoms with Gasteiger partial charge < -0.3 is 4.90 Å². The Morgan fingerprint density at radius 3 is 2.03 bits per heavy atom. The highest BCUT2D eigenvalue weighted by Crippen LogP contribution is 2.37. The molecule has 184 valence electrons. The molecule has 3 aromatic rings. The number of hydrogen-bond acceptors (Lipinski definition) is 2. The Bertz CT molecular complexity index is 1210. The fraction of sp³-hybridized carbons (Fsp3) is 0.167. The molecule has 0 spiro atoms. The summed E-state index contributed by atoms with van der Waals surface area (Å²) < 4.78 is 92.9. The van der Waals surface area contributed by atoms with Gasteiger partial charge >= 0.3 is 12.4 Å². The van der Waals surface area contributed by atoms with Crippen molar-refractivity contribution in [1.29, 1.82) is 0 Å². The number of amides is 1. The summed E-state index contributed by atoms with van der Waals surface area (Å²) in [5.74, 6) is -1.26. The Balaban J connectivity index is 2.05. The monoisotopic (exact) mass is 516 g/mol. The van der Waals surface area contributed by atoms with Gasteiger partial charge in [0.15, 0.2) is 0 Å². The van der Waals surface area contributed by atoms with Crippen molar-refractivity contribution in [2.45, 2.75) is 25.4 Å². The van der Waals surface area contributed by atoms with Crippen LogP contribution in [0, 0.1) is 5.82 Å². The summed E-state index contributed by atoms with van der Waals surface area (Å²) in [7, 11) is 0. The zero-order valence-electron chi connectivity index (χ0n) is 17.7. The maximum absolute atomic E-state index is 13.4. The highest BCUT2D eigenvalue weighted by atomic mass is 35.5. The molecule has 1 heterocycles. The maximum Gasteiger partial charge on any atom is 0.416 e. The first-order chi connectivity index (χ1) is 16.3. The minimum absolute atomic E-state index is 0.00772. The number of benzene rings is 2. The van der Waals surface area contributed by atoms with E-state index in [-0.39, 0.29) is 23.3 Å². The van der Waals surface area contributed by atoms with Crippen LogP contribution < -0.4 is 0 Å². The Labute approximate surface area is 200 Å². The minimum Gasteiger partial charge on any atom is -0.330 e. The van der Waals surface area contributed by atoms with Gasteiger partial charge in [0.05, 0.1) is 11.1 Å². The number of aromatic nitrogens is 1. The molecule has 0 radical (unpaired) electrons. The molecule has 2 aromatic carbocycles. The summed E-state index contributed by atoms with van der Waals surface area (Å²) in [6.07, 6.45) is -7.83. The maximum atomic E-state index is 13.4. The lowest BCUT2D eigenvalue weighted by Gasteiger charge is -2.24. The van der Waals surface area contributed by atoms with Gasteiger partial charge in [-0.1, -0.05) is 30.3 Å². The molecule has 0 aliphatic heterocycles. The topological polar surface area (TPSA) is 33.2 Å². The van der Waals surface area contributed by atoms with Gasteiger partial charge in [0, 0.05) is 24.8 Å². The van der Waals surface area contributed by atoms with Crippen molar-refractivity contribution < 1.29 is 35.5 Å². The van der Waals surface area contributed by atoms with Crippen LogP contribution in [-0.4, -0.2) is 15.8 Å². The molecular weight excluding hydrogens is 501 g/mol. The van der Waals surface area contributed by atoms with Crippen LogP contribution in [-0.2, 0) is 30.2 Å². The predicted octanol–water partition coefficient (Wildman–Crippen LogP) is 7.29. The van der Waals surface area contributed by atoms with Crippen LogP contribution in [0.2, 0.25) is 5.15 Å². The van der Waals surface area contributed by atoms with Crippen molar-refractivity contribution in [3.05, 3.63) is 101 Å². The minimum atomic E-state index is -5.04. The molecule has 0 N–H and O–H groups in total. The van der Waals surface area contributed by atoms with Crippen LogP contribution in [0.5, 0.6) is 0 Å². The largest absolute Gasteiger partial charge is 0.416 e. The van der Waals surface area contributed by atoms with Crippen LogP contribution in [0.3, 0.4) is 0 Å². The molecule has 0 aliphatic rings. The van der Waals surface area contributed by atoms with E-state index < -0.39 is 47.3 Å². The van der Waals surface area contributed by atoms with Gasteiger partial charge in [-0.05, 0) is 59.2 Å². The van der Waals surface area contributed by atoms with Gasteiger partial charge in [0.1, 0.15) is 11.0 Å². The number of nitrogens with zero attached hydrogens (tertiary/aromatic N) is 2.